The van der Waals surface area contributed by atoms with Gasteiger partial charge in [-0.1, -0.05) is 6.58 Å². The van der Waals surface area contributed by atoms with Crippen LogP contribution < -0.4 is 0 Å². The molecular formula is C9H16O. The van der Waals surface area contributed by atoms with E-state index in [0.29, 0.717) is 0 Å². The first kappa shape index (κ1) is 9.48. The SMILES string of the molecule is C=C=CCCCC(C)(C)O. The monoisotopic (exact) mass is 140 g/mol. The number of hydrogen-bond acceptors (Lipinski definition) is 1. The second-order valence-electron chi connectivity index (χ2n) is 3.11. The van der Waals surface area contributed by atoms with Crippen LogP contribution >= 0.6 is 0 Å². The van der Waals surface area contributed by atoms with Gasteiger partial charge in [0.05, 0.1) is 5.60 Å². The van der Waals surface area contributed by atoms with Gasteiger partial charge >= 0.3 is 0 Å². The van der Waals surface area contributed by atoms with Crippen molar-refractivity contribution in [2.75, 3.05) is 0 Å². The molecule has 0 aliphatic carbocycles. The van der Waals surface area contributed by atoms with Crippen LogP contribution in [0.4, 0.5) is 0 Å². The van der Waals surface area contributed by atoms with Gasteiger partial charge in [0.25, 0.3) is 0 Å². The third-order valence-corrected chi connectivity index (χ3v) is 1.28. The van der Waals surface area contributed by atoms with E-state index < -0.39 is 5.60 Å². The lowest BCUT2D eigenvalue weighted by molar-refractivity contribution is 0.0691. The Balaban J connectivity index is 3.28. The van der Waals surface area contributed by atoms with Crippen LogP contribution in [-0.4, -0.2) is 10.7 Å². The van der Waals surface area contributed by atoms with Crippen LogP contribution in [0.2, 0.25) is 0 Å². The number of rotatable bonds is 4. The average molecular weight is 140 g/mol. The first-order valence-corrected chi connectivity index (χ1v) is 3.63. The molecule has 58 valence electrons. The molecule has 0 saturated carbocycles. The molecule has 0 amide bonds. The van der Waals surface area contributed by atoms with Crippen molar-refractivity contribution in [2.45, 2.75) is 38.7 Å². The van der Waals surface area contributed by atoms with E-state index in [1.54, 1.807) is 0 Å². The number of unbranched alkanes of at least 4 members (excludes halogenated alkanes) is 1. The van der Waals surface area contributed by atoms with Crippen LogP contribution in [0, 0.1) is 0 Å². The molecule has 0 atom stereocenters. The molecule has 10 heavy (non-hydrogen) atoms. The largest absolute Gasteiger partial charge is 0.390 e. The number of hydrogen-bond donors (Lipinski definition) is 1. The third-order valence-electron chi connectivity index (χ3n) is 1.28. The Bertz CT molecular complexity index is 124. The summed E-state index contributed by atoms with van der Waals surface area (Å²) < 4.78 is 0. The summed E-state index contributed by atoms with van der Waals surface area (Å²) in [6.07, 6.45) is 4.70. The molecule has 0 spiro atoms. The topological polar surface area (TPSA) is 20.2 Å². The predicted molar refractivity (Wildman–Crippen MR) is 43.9 cm³/mol. The standard InChI is InChI=1S/C9H16O/c1-4-5-6-7-8-9(2,3)10/h5,10H,1,6-8H2,2-3H3. The van der Waals surface area contributed by atoms with Crippen LogP contribution in [0.15, 0.2) is 18.4 Å². The zero-order valence-electron chi connectivity index (χ0n) is 6.85. The van der Waals surface area contributed by atoms with Crippen molar-refractivity contribution in [3.8, 4) is 0 Å². The van der Waals surface area contributed by atoms with Gasteiger partial charge in [0, 0.05) is 0 Å². The molecule has 0 saturated heterocycles. The third kappa shape index (κ3) is 7.48. The molecule has 1 nitrogen and oxygen atoms in total. The van der Waals surface area contributed by atoms with Crippen LogP contribution in [-0.2, 0) is 0 Å². The summed E-state index contributed by atoms with van der Waals surface area (Å²) in [5.41, 5.74) is 2.18. The molecule has 0 fully saturated rings. The molecule has 0 radical (unpaired) electrons. The summed E-state index contributed by atoms with van der Waals surface area (Å²) >= 11 is 0. The Labute approximate surface area is 63.1 Å². The summed E-state index contributed by atoms with van der Waals surface area (Å²) in [5, 5.41) is 9.27. The number of allylic oxidation sites excluding steroid dienone is 1. The van der Waals surface area contributed by atoms with E-state index in [9.17, 15) is 5.11 Å². The van der Waals surface area contributed by atoms with E-state index in [0.717, 1.165) is 19.3 Å². The molecular weight excluding hydrogens is 124 g/mol. The lowest BCUT2D eigenvalue weighted by Crippen LogP contribution is -2.17. The molecule has 0 heterocycles. The summed E-state index contributed by atoms with van der Waals surface area (Å²) in [6.45, 7) is 7.10. The van der Waals surface area contributed by atoms with Crippen LogP contribution in [0.1, 0.15) is 33.1 Å². The Morgan fingerprint density at radius 3 is 2.60 bits per heavy atom. The smallest absolute Gasteiger partial charge is 0.0591 e. The summed E-state index contributed by atoms with van der Waals surface area (Å²) in [4.78, 5) is 0. The van der Waals surface area contributed by atoms with Gasteiger partial charge in [-0.2, -0.15) is 0 Å². The summed E-state index contributed by atoms with van der Waals surface area (Å²) in [5.74, 6) is 0. The van der Waals surface area contributed by atoms with Gasteiger partial charge in [-0.25, -0.2) is 0 Å². The normalized spacial score (nSPS) is 10.7. The maximum atomic E-state index is 9.27. The highest BCUT2D eigenvalue weighted by molar-refractivity contribution is 4.76. The highest BCUT2D eigenvalue weighted by Gasteiger charge is 2.09. The Hall–Kier alpha value is -0.520. The fourth-order valence-electron chi connectivity index (χ4n) is 0.739. The molecule has 1 heteroatoms. The van der Waals surface area contributed by atoms with E-state index in [-0.39, 0.29) is 0 Å². The van der Waals surface area contributed by atoms with Crippen molar-refractivity contribution < 1.29 is 5.11 Å². The molecule has 0 rings (SSSR count). The highest BCUT2D eigenvalue weighted by atomic mass is 16.3. The van der Waals surface area contributed by atoms with Crippen LogP contribution in [0.3, 0.4) is 0 Å². The van der Waals surface area contributed by atoms with E-state index in [1.165, 1.54) is 0 Å². The van der Waals surface area contributed by atoms with Gasteiger partial charge in [0.15, 0.2) is 0 Å². The molecule has 0 unspecified atom stereocenters. The van der Waals surface area contributed by atoms with Crippen molar-refractivity contribution in [3.63, 3.8) is 0 Å². The quantitative estimate of drug-likeness (QED) is 0.469. The molecule has 0 aliphatic rings. The van der Waals surface area contributed by atoms with Crippen molar-refractivity contribution in [2.24, 2.45) is 0 Å². The van der Waals surface area contributed by atoms with Crippen molar-refractivity contribution in [1.82, 2.24) is 0 Å². The first-order chi connectivity index (χ1) is 4.56. The second kappa shape index (κ2) is 4.32. The fourth-order valence-corrected chi connectivity index (χ4v) is 0.739. The van der Waals surface area contributed by atoms with Gasteiger partial charge < -0.3 is 5.11 Å². The highest BCUT2D eigenvalue weighted by Crippen LogP contribution is 2.11. The molecule has 0 aromatic heterocycles. The van der Waals surface area contributed by atoms with Gasteiger partial charge in [-0.05, 0) is 39.2 Å². The lowest BCUT2D eigenvalue weighted by Gasteiger charge is -2.15. The lowest BCUT2D eigenvalue weighted by atomic mass is 10.0. The Morgan fingerprint density at radius 1 is 1.60 bits per heavy atom. The van der Waals surface area contributed by atoms with E-state index in [2.05, 4.69) is 12.3 Å². The zero-order valence-corrected chi connectivity index (χ0v) is 6.85. The van der Waals surface area contributed by atoms with Crippen LogP contribution in [0.5, 0.6) is 0 Å². The van der Waals surface area contributed by atoms with E-state index in [4.69, 9.17) is 0 Å². The summed E-state index contributed by atoms with van der Waals surface area (Å²) in [7, 11) is 0. The maximum Gasteiger partial charge on any atom is 0.0591 e. The van der Waals surface area contributed by atoms with Crippen molar-refractivity contribution in [1.29, 1.82) is 0 Å². The van der Waals surface area contributed by atoms with E-state index in [1.807, 2.05) is 19.9 Å². The number of aliphatic hydroxyl groups is 1. The molecule has 1 N–H and O–H groups in total. The first-order valence-electron chi connectivity index (χ1n) is 3.63. The molecule has 0 aromatic rings. The maximum absolute atomic E-state index is 9.27. The minimum Gasteiger partial charge on any atom is -0.390 e. The van der Waals surface area contributed by atoms with Gasteiger partial charge in [0.2, 0.25) is 0 Å². The van der Waals surface area contributed by atoms with E-state index >= 15 is 0 Å². The molecule has 0 bridgehead atoms. The van der Waals surface area contributed by atoms with Crippen molar-refractivity contribution in [3.05, 3.63) is 18.4 Å². The predicted octanol–water partition coefficient (Wildman–Crippen LogP) is 2.27. The Morgan fingerprint density at radius 2 is 2.20 bits per heavy atom. The van der Waals surface area contributed by atoms with Gasteiger partial charge in [-0.3, -0.25) is 0 Å². The fraction of sp³-hybridized carbons (Fsp3) is 0.667. The van der Waals surface area contributed by atoms with Crippen LogP contribution in [0.25, 0.3) is 0 Å². The average Bonchev–Trinajstić information content (AvgIpc) is 1.78. The zero-order chi connectivity index (χ0) is 8.04. The molecule has 0 aliphatic heterocycles. The van der Waals surface area contributed by atoms with Gasteiger partial charge in [-0.15, -0.1) is 5.73 Å². The van der Waals surface area contributed by atoms with Gasteiger partial charge in [0.1, 0.15) is 0 Å². The minimum atomic E-state index is -0.519. The summed E-state index contributed by atoms with van der Waals surface area (Å²) in [6, 6.07) is 0. The Kier molecular flexibility index (Phi) is 4.10. The molecule has 0 aromatic carbocycles. The minimum absolute atomic E-state index is 0.519. The van der Waals surface area contributed by atoms with Crippen molar-refractivity contribution >= 4 is 0 Å². The second-order valence-corrected chi connectivity index (χ2v) is 3.11.